The summed E-state index contributed by atoms with van der Waals surface area (Å²) in [6.07, 6.45) is 2.32. The average Bonchev–Trinajstić information content (AvgIpc) is 2.41. The van der Waals surface area contributed by atoms with Crippen molar-refractivity contribution < 1.29 is 4.79 Å². The maximum atomic E-state index is 11.9. The van der Waals surface area contributed by atoms with E-state index in [0.717, 1.165) is 19.4 Å². The Balaban J connectivity index is 2.48. The summed E-state index contributed by atoms with van der Waals surface area (Å²) in [6, 6.07) is 3.65. The summed E-state index contributed by atoms with van der Waals surface area (Å²) in [7, 11) is 2.07. The van der Waals surface area contributed by atoms with Crippen LogP contribution in [-0.4, -0.2) is 30.4 Å². The standard InChI is InChI=1S/C15H23Cl2N3O/c1-4-10(2)20(3)7-5-6-14(21)19-15-12(17)8-11(16)9-13(15)18/h8-10H,4-7,18H2,1-3H3,(H,19,21). The minimum absolute atomic E-state index is 0.0940. The molecule has 4 nitrogen and oxygen atoms in total. The smallest absolute Gasteiger partial charge is 0.224 e. The van der Waals surface area contributed by atoms with Crippen molar-refractivity contribution in [1.29, 1.82) is 0 Å². The number of anilines is 2. The van der Waals surface area contributed by atoms with Gasteiger partial charge < -0.3 is 16.0 Å². The van der Waals surface area contributed by atoms with E-state index in [9.17, 15) is 4.79 Å². The number of carbonyl (C=O) groups excluding carboxylic acids is 1. The van der Waals surface area contributed by atoms with Crippen LogP contribution in [0.4, 0.5) is 11.4 Å². The lowest BCUT2D eigenvalue weighted by atomic mass is 10.2. The van der Waals surface area contributed by atoms with Gasteiger partial charge in [-0.2, -0.15) is 0 Å². The third kappa shape index (κ3) is 5.73. The molecule has 1 aromatic rings. The van der Waals surface area contributed by atoms with Crippen molar-refractivity contribution in [2.45, 2.75) is 39.2 Å². The molecule has 0 aliphatic heterocycles. The van der Waals surface area contributed by atoms with E-state index in [0.29, 0.717) is 33.9 Å². The van der Waals surface area contributed by atoms with E-state index < -0.39 is 0 Å². The largest absolute Gasteiger partial charge is 0.397 e. The van der Waals surface area contributed by atoms with E-state index in [1.807, 2.05) is 0 Å². The van der Waals surface area contributed by atoms with E-state index in [1.54, 1.807) is 12.1 Å². The number of hydrogen-bond donors (Lipinski definition) is 2. The van der Waals surface area contributed by atoms with Gasteiger partial charge in [0.2, 0.25) is 5.91 Å². The normalized spacial score (nSPS) is 12.5. The minimum atomic E-state index is -0.0940. The van der Waals surface area contributed by atoms with Crippen LogP contribution in [-0.2, 0) is 4.79 Å². The number of nitrogen functional groups attached to an aromatic ring is 1. The van der Waals surface area contributed by atoms with Crippen molar-refractivity contribution in [1.82, 2.24) is 4.90 Å². The molecule has 0 aromatic heterocycles. The van der Waals surface area contributed by atoms with Gasteiger partial charge in [0.05, 0.1) is 16.4 Å². The summed E-state index contributed by atoms with van der Waals surface area (Å²) >= 11 is 11.9. The van der Waals surface area contributed by atoms with E-state index in [-0.39, 0.29) is 5.91 Å². The van der Waals surface area contributed by atoms with Crippen molar-refractivity contribution in [3.8, 4) is 0 Å². The predicted molar refractivity (Wildman–Crippen MR) is 91.1 cm³/mol. The van der Waals surface area contributed by atoms with Crippen LogP contribution in [0, 0.1) is 0 Å². The highest BCUT2D eigenvalue weighted by atomic mass is 35.5. The van der Waals surface area contributed by atoms with Gasteiger partial charge in [0.25, 0.3) is 0 Å². The van der Waals surface area contributed by atoms with Gasteiger partial charge in [0, 0.05) is 17.5 Å². The first-order valence-electron chi connectivity index (χ1n) is 7.09. The van der Waals surface area contributed by atoms with Crippen molar-refractivity contribution >= 4 is 40.5 Å². The van der Waals surface area contributed by atoms with Crippen LogP contribution in [0.25, 0.3) is 0 Å². The molecule has 118 valence electrons. The summed E-state index contributed by atoms with van der Waals surface area (Å²) in [4.78, 5) is 14.2. The Hall–Kier alpha value is -0.970. The number of nitrogens with zero attached hydrogens (tertiary/aromatic N) is 1. The number of nitrogens with two attached hydrogens (primary N) is 1. The molecule has 0 spiro atoms. The van der Waals surface area contributed by atoms with Gasteiger partial charge >= 0.3 is 0 Å². The van der Waals surface area contributed by atoms with Crippen molar-refractivity contribution in [3.05, 3.63) is 22.2 Å². The lowest BCUT2D eigenvalue weighted by Crippen LogP contribution is -2.29. The van der Waals surface area contributed by atoms with Gasteiger partial charge in [0.15, 0.2) is 0 Å². The van der Waals surface area contributed by atoms with Crippen LogP contribution in [0.5, 0.6) is 0 Å². The molecule has 1 amide bonds. The molecule has 0 heterocycles. The third-order valence-electron chi connectivity index (χ3n) is 3.61. The highest BCUT2D eigenvalue weighted by Gasteiger charge is 2.12. The second kappa shape index (κ2) is 8.47. The zero-order valence-electron chi connectivity index (χ0n) is 12.7. The lowest BCUT2D eigenvalue weighted by molar-refractivity contribution is -0.116. The molecule has 0 saturated carbocycles. The van der Waals surface area contributed by atoms with Crippen LogP contribution >= 0.6 is 23.2 Å². The first-order chi connectivity index (χ1) is 9.85. The van der Waals surface area contributed by atoms with E-state index in [2.05, 4.69) is 31.1 Å². The Morgan fingerprint density at radius 1 is 1.43 bits per heavy atom. The fraction of sp³-hybridized carbons (Fsp3) is 0.533. The quantitative estimate of drug-likeness (QED) is 0.741. The number of nitrogens with one attached hydrogen (secondary N) is 1. The van der Waals surface area contributed by atoms with Gasteiger partial charge in [-0.05, 0) is 45.5 Å². The minimum Gasteiger partial charge on any atom is -0.397 e. The van der Waals surface area contributed by atoms with Crippen molar-refractivity contribution in [3.63, 3.8) is 0 Å². The Kier molecular flexibility index (Phi) is 7.29. The van der Waals surface area contributed by atoms with E-state index in [1.165, 1.54) is 0 Å². The molecular weight excluding hydrogens is 309 g/mol. The Morgan fingerprint density at radius 2 is 2.10 bits per heavy atom. The first-order valence-corrected chi connectivity index (χ1v) is 7.85. The molecule has 0 fully saturated rings. The highest BCUT2D eigenvalue weighted by Crippen LogP contribution is 2.32. The molecule has 1 aromatic carbocycles. The van der Waals surface area contributed by atoms with Crippen molar-refractivity contribution in [2.24, 2.45) is 0 Å². The number of hydrogen-bond acceptors (Lipinski definition) is 3. The number of rotatable bonds is 7. The molecule has 0 bridgehead atoms. The van der Waals surface area contributed by atoms with E-state index in [4.69, 9.17) is 28.9 Å². The lowest BCUT2D eigenvalue weighted by Gasteiger charge is -2.23. The van der Waals surface area contributed by atoms with Crippen LogP contribution < -0.4 is 11.1 Å². The monoisotopic (exact) mass is 331 g/mol. The average molecular weight is 332 g/mol. The summed E-state index contributed by atoms with van der Waals surface area (Å²) < 4.78 is 0. The summed E-state index contributed by atoms with van der Waals surface area (Å²) in [5.74, 6) is -0.0940. The third-order valence-corrected chi connectivity index (χ3v) is 4.12. The number of amides is 1. The number of carbonyl (C=O) groups is 1. The Bertz CT molecular complexity index is 471. The molecule has 3 N–H and O–H groups in total. The maximum Gasteiger partial charge on any atom is 0.224 e. The van der Waals surface area contributed by atoms with Gasteiger partial charge in [-0.25, -0.2) is 0 Å². The number of halogens is 2. The fourth-order valence-electron chi connectivity index (χ4n) is 1.95. The molecule has 0 aliphatic rings. The topological polar surface area (TPSA) is 58.4 Å². The molecule has 0 radical (unpaired) electrons. The zero-order valence-corrected chi connectivity index (χ0v) is 14.3. The molecule has 1 unspecified atom stereocenters. The molecular formula is C15H23Cl2N3O. The van der Waals surface area contributed by atoms with Crippen LogP contribution in [0.15, 0.2) is 12.1 Å². The summed E-state index contributed by atoms with van der Waals surface area (Å²) in [6.45, 7) is 5.21. The molecule has 21 heavy (non-hydrogen) atoms. The van der Waals surface area contributed by atoms with Gasteiger partial charge in [-0.1, -0.05) is 30.1 Å². The summed E-state index contributed by atoms with van der Waals surface area (Å²) in [5, 5.41) is 3.55. The highest BCUT2D eigenvalue weighted by molar-refractivity contribution is 6.37. The molecule has 1 rings (SSSR count). The molecule has 0 aliphatic carbocycles. The predicted octanol–water partition coefficient (Wildman–Crippen LogP) is 4.02. The SMILES string of the molecule is CCC(C)N(C)CCCC(=O)Nc1c(N)cc(Cl)cc1Cl. The van der Waals surface area contributed by atoms with Crippen LogP contribution in [0.2, 0.25) is 10.0 Å². The first kappa shape index (κ1) is 18.1. The Morgan fingerprint density at radius 3 is 2.67 bits per heavy atom. The Labute approximate surface area is 136 Å². The molecule has 1 atom stereocenters. The second-order valence-corrected chi connectivity index (χ2v) is 6.09. The fourth-order valence-corrected chi connectivity index (χ4v) is 2.50. The molecule has 0 saturated heterocycles. The van der Waals surface area contributed by atoms with Gasteiger partial charge in [-0.3, -0.25) is 4.79 Å². The second-order valence-electron chi connectivity index (χ2n) is 5.24. The molecule has 6 heteroatoms. The van der Waals surface area contributed by atoms with Crippen LogP contribution in [0.1, 0.15) is 33.1 Å². The zero-order chi connectivity index (χ0) is 16.0. The van der Waals surface area contributed by atoms with E-state index >= 15 is 0 Å². The maximum absolute atomic E-state index is 11.9. The van der Waals surface area contributed by atoms with Gasteiger partial charge in [0.1, 0.15) is 0 Å². The summed E-state index contributed by atoms with van der Waals surface area (Å²) in [5.41, 5.74) is 6.62. The van der Waals surface area contributed by atoms with Gasteiger partial charge in [-0.15, -0.1) is 0 Å². The van der Waals surface area contributed by atoms with Crippen molar-refractivity contribution in [2.75, 3.05) is 24.6 Å². The number of benzene rings is 1. The van der Waals surface area contributed by atoms with Crippen LogP contribution in [0.3, 0.4) is 0 Å².